The topological polar surface area (TPSA) is 107 Å². The summed E-state index contributed by atoms with van der Waals surface area (Å²) in [6, 6.07) is 59.5. The lowest BCUT2D eigenvalue weighted by Gasteiger charge is -2.27. The van der Waals surface area contributed by atoms with Crippen LogP contribution in [0.1, 0.15) is 82.2 Å². The molecular formula is C62H46N4O4S2. The van der Waals surface area contributed by atoms with E-state index in [9.17, 15) is 19.8 Å². The predicted molar refractivity (Wildman–Crippen MR) is 292 cm³/mol. The highest BCUT2D eigenvalue weighted by atomic mass is 32.1. The van der Waals surface area contributed by atoms with Crippen LogP contribution in [0.5, 0.6) is 0 Å². The maximum atomic E-state index is 12.7. The average Bonchev–Trinajstić information content (AvgIpc) is 4.29. The van der Waals surface area contributed by atoms with Crippen LogP contribution in [0.4, 0.5) is 22.7 Å². The summed E-state index contributed by atoms with van der Waals surface area (Å²) in [4.78, 5) is 42.2. The number of aromatic carboxylic acids is 2. The molecule has 2 aliphatic carbocycles. The molecule has 4 atom stereocenters. The fourth-order valence-electron chi connectivity index (χ4n) is 12.4. The molecule has 0 amide bonds. The molecule has 4 aliphatic rings. The van der Waals surface area contributed by atoms with E-state index in [1.807, 2.05) is 12.1 Å². The van der Waals surface area contributed by atoms with Gasteiger partial charge in [-0.15, -0.1) is 22.7 Å². The van der Waals surface area contributed by atoms with E-state index in [0.29, 0.717) is 35.3 Å². The number of pyridine rings is 2. The Kier molecular flexibility index (Phi) is 10.0. The van der Waals surface area contributed by atoms with Gasteiger partial charge in [-0.05, 0) is 155 Å². The first-order valence-electron chi connectivity index (χ1n) is 24.8. The lowest BCUT2D eigenvalue weighted by atomic mass is 9.95. The molecule has 14 rings (SSSR count). The Morgan fingerprint density at radius 2 is 0.847 bits per heavy atom. The maximum absolute atomic E-state index is 12.7. The highest BCUT2D eigenvalue weighted by Gasteiger charge is 2.43. The molecule has 4 unspecified atom stereocenters. The molecular weight excluding hydrogens is 929 g/mol. The van der Waals surface area contributed by atoms with Gasteiger partial charge in [0.25, 0.3) is 0 Å². The molecule has 2 aliphatic heterocycles. The van der Waals surface area contributed by atoms with Crippen LogP contribution in [0.2, 0.25) is 0 Å². The van der Waals surface area contributed by atoms with E-state index in [-0.39, 0.29) is 22.5 Å². The van der Waals surface area contributed by atoms with Gasteiger partial charge in [-0.25, -0.2) is 19.6 Å². The van der Waals surface area contributed by atoms with E-state index in [4.69, 9.17) is 9.97 Å². The maximum Gasteiger partial charge on any atom is 0.335 e. The molecule has 2 fully saturated rings. The Morgan fingerprint density at radius 3 is 1.28 bits per heavy atom. The average molecular weight is 975 g/mol. The molecule has 6 aromatic carbocycles. The van der Waals surface area contributed by atoms with Gasteiger partial charge in [-0.2, -0.15) is 0 Å². The van der Waals surface area contributed by atoms with E-state index < -0.39 is 11.9 Å². The molecule has 72 heavy (non-hydrogen) atoms. The van der Waals surface area contributed by atoms with Crippen molar-refractivity contribution in [3.63, 3.8) is 0 Å². The van der Waals surface area contributed by atoms with E-state index in [0.717, 1.165) is 52.2 Å². The standard InChI is InChI=1S/C62H46N4O4S2/c67-61(68)41-25-49(63-51(27-41)59-33-39-19-17-37(31-57(39)71-59)35-21-23-47-45-13-7-15-53(45)65(55(47)29-35)43-9-3-1-4-10-43)50-26-42(62(69)70)28-52(64-50)60-34-40-20-18-38(32-58(40)72-60)36-22-24-48-46-14-8-16-54(46)66(56(48)30-36)44-11-5-2-6-12-44/h1-6,9-12,17-34,45-46,53-54H,7-8,13-16H2,(H,67,68)(H,69,70). The number of thiophene rings is 2. The van der Waals surface area contributed by atoms with Crippen LogP contribution < -0.4 is 9.80 Å². The van der Waals surface area contributed by atoms with Gasteiger partial charge in [0.1, 0.15) is 0 Å². The number of hydrogen-bond acceptors (Lipinski definition) is 8. The first-order valence-corrected chi connectivity index (χ1v) is 26.5. The second kappa shape index (κ2) is 16.9. The smallest absolute Gasteiger partial charge is 0.335 e. The van der Waals surface area contributed by atoms with Crippen LogP contribution in [0.3, 0.4) is 0 Å². The van der Waals surface area contributed by atoms with Crippen molar-refractivity contribution in [2.75, 3.05) is 9.80 Å². The predicted octanol–water partition coefficient (Wildman–Crippen LogP) is 16.2. The lowest BCUT2D eigenvalue weighted by Crippen LogP contribution is -2.26. The largest absolute Gasteiger partial charge is 0.478 e. The summed E-state index contributed by atoms with van der Waals surface area (Å²) in [6.45, 7) is 0. The molecule has 10 heteroatoms. The van der Waals surface area contributed by atoms with Gasteiger partial charge in [0.2, 0.25) is 0 Å². The van der Waals surface area contributed by atoms with Gasteiger partial charge in [-0.3, -0.25) is 0 Å². The van der Waals surface area contributed by atoms with Crippen LogP contribution in [-0.2, 0) is 0 Å². The third-order valence-corrected chi connectivity index (χ3v) is 17.9. The zero-order valence-electron chi connectivity index (χ0n) is 39.0. The van der Waals surface area contributed by atoms with Gasteiger partial charge in [0.05, 0.1) is 43.7 Å². The summed E-state index contributed by atoms with van der Waals surface area (Å²) in [6.07, 6.45) is 7.30. The minimum atomic E-state index is -1.11. The van der Waals surface area contributed by atoms with Crippen LogP contribution in [0.25, 0.3) is 75.0 Å². The zero-order chi connectivity index (χ0) is 48.2. The van der Waals surface area contributed by atoms with Crippen molar-refractivity contribution < 1.29 is 19.8 Å². The molecule has 8 nitrogen and oxygen atoms in total. The molecule has 0 saturated heterocycles. The van der Waals surface area contributed by atoms with Gasteiger partial charge >= 0.3 is 11.9 Å². The lowest BCUT2D eigenvalue weighted by molar-refractivity contribution is 0.0686. The quantitative estimate of drug-likeness (QED) is 0.147. The van der Waals surface area contributed by atoms with Crippen molar-refractivity contribution in [1.82, 2.24) is 9.97 Å². The van der Waals surface area contributed by atoms with Crippen LogP contribution in [-0.4, -0.2) is 44.2 Å². The summed E-state index contributed by atoms with van der Waals surface area (Å²) < 4.78 is 2.11. The highest BCUT2D eigenvalue weighted by Crippen LogP contribution is 2.55. The molecule has 4 aromatic heterocycles. The number of fused-ring (bicyclic) bond motifs is 8. The summed E-state index contributed by atoms with van der Waals surface area (Å²) in [5, 5.41) is 22.9. The zero-order valence-corrected chi connectivity index (χ0v) is 40.7. The molecule has 2 saturated carbocycles. The molecule has 350 valence electrons. The number of benzene rings is 6. The van der Waals surface area contributed by atoms with Gasteiger partial charge in [-0.1, -0.05) is 97.8 Å². The number of para-hydroxylation sites is 2. The van der Waals surface area contributed by atoms with Crippen molar-refractivity contribution in [1.29, 1.82) is 0 Å². The van der Waals surface area contributed by atoms with Gasteiger partial charge in [0, 0.05) is 56.1 Å². The number of hydrogen-bond donors (Lipinski definition) is 2. The van der Waals surface area contributed by atoms with Crippen LogP contribution in [0, 0.1) is 0 Å². The summed E-state index contributed by atoms with van der Waals surface area (Å²) in [7, 11) is 0. The van der Waals surface area contributed by atoms with E-state index in [1.54, 1.807) is 34.8 Å². The Morgan fingerprint density at radius 1 is 0.444 bits per heavy atom. The Balaban J connectivity index is 0.792. The Hall–Kier alpha value is -7.92. The number of rotatable bonds is 9. The van der Waals surface area contributed by atoms with Crippen LogP contribution >= 0.6 is 22.7 Å². The van der Waals surface area contributed by atoms with Gasteiger partial charge < -0.3 is 20.0 Å². The van der Waals surface area contributed by atoms with E-state index in [2.05, 4.69) is 143 Å². The fourth-order valence-corrected chi connectivity index (χ4v) is 14.5. The number of anilines is 4. The first-order chi connectivity index (χ1) is 35.3. The molecule has 6 heterocycles. The van der Waals surface area contributed by atoms with Crippen molar-refractivity contribution >= 4 is 77.5 Å². The number of aromatic nitrogens is 2. The highest BCUT2D eigenvalue weighted by molar-refractivity contribution is 7.22. The number of carboxylic acid groups (broad SMARTS) is 2. The monoisotopic (exact) mass is 974 g/mol. The second-order valence-electron chi connectivity index (χ2n) is 19.8. The normalized spacial score (nSPS) is 18.7. The molecule has 2 N–H and O–H groups in total. The molecule has 0 radical (unpaired) electrons. The SMILES string of the molecule is O=C(O)c1cc(-c2cc(C(=O)O)cc(-c3cc4ccc(-c5ccc6c(c5)N(c5ccccc5)C5CCCC65)cc4s3)n2)nc(-c2cc3ccc(-c4ccc5c(c4)N(c4ccccc4)C4CCCC54)cc3s2)c1. The molecule has 10 aromatic rings. The Bertz CT molecular complexity index is 3600. The van der Waals surface area contributed by atoms with Gasteiger partial charge in [0.15, 0.2) is 0 Å². The summed E-state index contributed by atoms with van der Waals surface area (Å²) in [5.41, 5.74) is 14.0. The van der Waals surface area contributed by atoms with Crippen molar-refractivity contribution in [3.8, 4) is 54.8 Å². The first kappa shape index (κ1) is 42.9. The third-order valence-electron chi connectivity index (χ3n) is 15.7. The number of carbonyl (C=O) groups is 2. The summed E-state index contributed by atoms with van der Waals surface area (Å²) in [5.74, 6) is -1.13. The van der Waals surface area contributed by atoms with Crippen molar-refractivity contribution in [2.45, 2.75) is 62.4 Å². The minimum Gasteiger partial charge on any atom is -0.478 e. The van der Waals surface area contributed by atoms with Crippen molar-refractivity contribution in [3.05, 3.63) is 192 Å². The van der Waals surface area contributed by atoms with E-state index >= 15 is 0 Å². The second-order valence-corrected chi connectivity index (χ2v) is 21.9. The third kappa shape index (κ3) is 7.14. The van der Waals surface area contributed by atoms with Crippen molar-refractivity contribution in [2.24, 2.45) is 0 Å². The minimum absolute atomic E-state index is 0.0409. The number of carboxylic acids is 2. The summed E-state index contributed by atoms with van der Waals surface area (Å²) >= 11 is 3.11. The van der Waals surface area contributed by atoms with E-state index in [1.165, 1.54) is 84.5 Å². The Labute approximate surface area is 424 Å². The molecule has 0 spiro atoms. The molecule has 0 bridgehead atoms. The fraction of sp³-hybridized carbons (Fsp3) is 0.161. The van der Waals surface area contributed by atoms with Crippen LogP contribution in [0.15, 0.2) is 170 Å². The number of nitrogens with zero attached hydrogens (tertiary/aromatic N) is 4.